The van der Waals surface area contributed by atoms with Crippen molar-refractivity contribution in [1.82, 2.24) is 0 Å². The zero-order valence-electron chi connectivity index (χ0n) is 8.80. The van der Waals surface area contributed by atoms with E-state index in [9.17, 15) is 0 Å². The van der Waals surface area contributed by atoms with Gasteiger partial charge in [-0.05, 0) is 24.6 Å². The van der Waals surface area contributed by atoms with Crippen molar-refractivity contribution in [2.24, 2.45) is 11.5 Å². The molecule has 2 heteroatoms. The Bertz CT molecular complexity index is 453. The van der Waals surface area contributed by atoms with Crippen LogP contribution in [0.5, 0.6) is 0 Å². The van der Waals surface area contributed by atoms with Crippen molar-refractivity contribution < 1.29 is 0 Å². The third-order valence-electron chi connectivity index (χ3n) is 1.90. The number of hydrogen-bond donors (Lipinski definition) is 2. The van der Waals surface area contributed by atoms with Crippen LogP contribution in [0.25, 0.3) is 0 Å². The first-order chi connectivity index (χ1) is 7.27. The molecule has 0 amide bonds. The molecule has 1 aromatic rings. The van der Waals surface area contributed by atoms with Crippen molar-refractivity contribution in [3.05, 3.63) is 34.9 Å². The van der Waals surface area contributed by atoms with Crippen LogP contribution in [0.15, 0.2) is 18.2 Å². The molecule has 1 rings (SSSR count). The van der Waals surface area contributed by atoms with E-state index in [1.165, 1.54) is 0 Å². The Labute approximate surface area is 90.7 Å². The van der Waals surface area contributed by atoms with Gasteiger partial charge >= 0.3 is 0 Å². The maximum absolute atomic E-state index is 5.33. The van der Waals surface area contributed by atoms with E-state index in [2.05, 4.69) is 23.7 Å². The summed E-state index contributed by atoms with van der Waals surface area (Å²) in [6.07, 6.45) is 0. The molecule has 4 N–H and O–H groups in total. The molecular formula is C13H14N2. The first-order valence-electron chi connectivity index (χ1n) is 4.76. The summed E-state index contributed by atoms with van der Waals surface area (Å²) in [6, 6.07) is 5.92. The molecule has 0 aliphatic carbocycles. The average molecular weight is 198 g/mol. The summed E-state index contributed by atoms with van der Waals surface area (Å²) in [7, 11) is 0. The summed E-state index contributed by atoms with van der Waals surface area (Å²) in [6.45, 7) is 2.76. The van der Waals surface area contributed by atoms with Gasteiger partial charge in [-0.1, -0.05) is 29.7 Å². The zero-order chi connectivity index (χ0) is 11.1. The molecule has 0 bridgehead atoms. The highest BCUT2D eigenvalue weighted by Gasteiger charge is 1.95. The fraction of sp³-hybridized carbons (Fsp3) is 0.231. The average Bonchev–Trinajstić information content (AvgIpc) is 2.26. The predicted molar refractivity (Wildman–Crippen MR) is 63.0 cm³/mol. The monoisotopic (exact) mass is 198 g/mol. The fourth-order valence-corrected chi connectivity index (χ4v) is 1.13. The maximum Gasteiger partial charge on any atom is 0.0555 e. The van der Waals surface area contributed by atoms with Crippen LogP contribution in [0.1, 0.15) is 16.7 Å². The highest BCUT2D eigenvalue weighted by molar-refractivity contribution is 5.48. The lowest BCUT2D eigenvalue weighted by Gasteiger charge is -1.98. The zero-order valence-corrected chi connectivity index (χ0v) is 8.80. The second-order valence-corrected chi connectivity index (χ2v) is 3.04. The molecule has 0 fully saturated rings. The molecule has 0 saturated heterocycles. The van der Waals surface area contributed by atoms with Gasteiger partial charge in [-0.3, -0.25) is 0 Å². The molecule has 15 heavy (non-hydrogen) atoms. The van der Waals surface area contributed by atoms with Crippen molar-refractivity contribution in [3.63, 3.8) is 0 Å². The van der Waals surface area contributed by atoms with Gasteiger partial charge in [-0.15, -0.1) is 0 Å². The summed E-state index contributed by atoms with van der Waals surface area (Å²) in [5, 5.41) is 0. The van der Waals surface area contributed by atoms with Crippen molar-refractivity contribution >= 4 is 0 Å². The quantitative estimate of drug-likeness (QED) is 0.600. The largest absolute Gasteiger partial charge is 0.320 e. The third kappa shape index (κ3) is 3.48. The minimum absolute atomic E-state index is 0.373. The molecular weight excluding hydrogens is 184 g/mol. The Hall–Kier alpha value is -1.74. The highest BCUT2D eigenvalue weighted by atomic mass is 14.5. The maximum atomic E-state index is 5.33. The predicted octanol–water partition coefficient (Wildman–Crippen LogP) is 0.615. The number of nitrogens with two attached hydrogens (primary N) is 2. The molecule has 0 saturated carbocycles. The van der Waals surface area contributed by atoms with Gasteiger partial charge in [0.2, 0.25) is 0 Å². The third-order valence-corrected chi connectivity index (χ3v) is 1.90. The summed E-state index contributed by atoms with van der Waals surface area (Å²) in [5.74, 6) is 11.6. The lowest BCUT2D eigenvalue weighted by molar-refractivity contribution is 1.30. The summed E-state index contributed by atoms with van der Waals surface area (Å²) in [5.41, 5.74) is 13.7. The molecule has 0 aliphatic heterocycles. The van der Waals surface area contributed by atoms with E-state index in [4.69, 9.17) is 11.5 Å². The van der Waals surface area contributed by atoms with Gasteiger partial charge in [0.25, 0.3) is 0 Å². The van der Waals surface area contributed by atoms with E-state index in [1.54, 1.807) is 0 Å². The first-order valence-corrected chi connectivity index (χ1v) is 4.76. The van der Waals surface area contributed by atoms with E-state index >= 15 is 0 Å². The van der Waals surface area contributed by atoms with E-state index < -0.39 is 0 Å². The van der Waals surface area contributed by atoms with Gasteiger partial charge in [0.1, 0.15) is 0 Å². The van der Waals surface area contributed by atoms with E-state index in [-0.39, 0.29) is 0 Å². The first kappa shape index (κ1) is 11.3. The van der Waals surface area contributed by atoms with Crippen LogP contribution in [-0.4, -0.2) is 13.1 Å². The van der Waals surface area contributed by atoms with Crippen LogP contribution in [0.2, 0.25) is 0 Å². The molecule has 0 heterocycles. The van der Waals surface area contributed by atoms with Crippen LogP contribution >= 0.6 is 0 Å². The standard InChI is InChI=1S/C13H14N2/c1-11-6-7-12(4-2-8-14)10-13(11)5-3-9-15/h6-7,10H,8-9,14-15H2,1H3. The molecule has 76 valence electrons. The van der Waals surface area contributed by atoms with E-state index in [0.29, 0.717) is 13.1 Å². The van der Waals surface area contributed by atoms with Crippen LogP contribution in [0.4, 0.5) is 0 Å². The van der Waals surface area contributed by atoms with Crippen molar-refractivity contribution in [1.29, 1.82) is 0 Å². The van der Waals surface area contributed by atoms with Gasteiger partial charge in [-0.25, -0.2) is 0 Å². The second kappa shape index (κ2) is 5.88. The van der Waals surface area contributed by atoms with Gasteiger partial charge in [0.05, 0.1) is 13.1 Å². The molecule has 0 spiro atoms. The molecule has 0 atom stereocenters. The molecule has 0 aliphatic rings. The minimum atomic E-state index is 0.373. The Morgan fingerprint density at radius 3 is 2.40 bits per heavy atom. The van der Waals surface area contributed by atoms with Crippen molar-refractivity contribution in [2.75, 3.05) is 13.1 Å². The molecule has 0 aromatic heterocycles. The van der Waals surface area contributed by atoms with Gasteiger partial charge in [0.15, 0.2) is 0 Å². The summed E-state index contributed by atoms with van der Waals surface area (Å²) < 4.78 is 0. The Kier molecular flexibility index (Phi) is 4.44. The summed E-state index contributed by atoms with van der Waals surface area (Å²) in [4.78, 5) is 0. The summed E-state index contributed by atoms with van der Waals surface area (Å²) >= 11 is 0. The lowest BCUT2D eigenvalue weighted by atomic mass is 10.1. The molecule has 1 aromatic carbocycles. The highest BCUT2D eigenvalue weighted by Crippen LogP contribution is 2.08. The molecule has 0 radical (unpaired) electrons. The smallest absolute Gasteiger partial charge is 0.0555 e. The molecule has 2 nitrogen and oxygen atoms in total. The number of rotatable bonds is 0. The molecule has 0 unspecified atom stereocenters. The number of benzene rings is 1. The number of aryl methyl sites for hydroxylation is 1. The van der Waals surface area contributed by atoms with E-state index in [1.807, 2.05) is 25.1 Å². The lowest BCUT2D eigenvalue weighted by Crippen LogP contribution is -1.94. The van der Waals surface area contributed by atoms with Gasteiger partial charge in [0, 0.05) is 11.1 Å². The van der Waals surface area contributed by atoms with Crippen molar-refractivity contribution in [2.45, 2.75) is 6.92 Å². The SMILES string of the molecule is Cc1ccc(C#CCN)cc1C#CCN. The fourth-order valence-electron chi connectivity index (χ4n) is 1.13. The second-order valence-electron chi connectivity index (χ2n) is 3.04. The van der Waals surface area contributed by atoms with Crippen LogP contribution in [0.3, 0.4) is 0 Å². The van der Waals surface area contributed by atoms with Crippen LogP contribution < -0.4 is 11.5 Å². The number of hydrogen-bond acceptors (Lipinski definition) is 2. The normalized spacial score (nSPS) is 8.47. The van der Waals surface area contributed by atoms with Gasteiger partial charge in [-0.2, -0.15) is 0 Å². The van der Waals surface area contributed by atoms with Crippen molar-refractivity contribution in [3.8, 4) is 23.7 Å². The minimum Gasteiger partial charge on any atom is -0.320 e. The van der Waals surface area contributed by atoms with E-state index in [0.717, 1.165) is 16.7 Å². The van der Waals surface area contributed by atoms with Gasteiger partial charge < -0.3 is 11.5 Å². The van der Waals surface area contributed by atoms with Crippen LogP contribution in [0, 0.1) is 30.6 Å². The Morgan fingerprint density at radius 2 is 1.73 bits per heavy atom. The Morgan fingerprint density at radius 1 is 1.07 bits per heavy atom. The topological polar surface area (TPSA) is 52.0 Å². The Balaban J connectivity index is 3.05. The van der Waals surface area contributed by atoms with Crippen LogP contribution in [-0.2, 0) is 0 Å².